The standard InChI is InChI=1S/C10H13Cl2NO/c1-2-3-9(13)6-4-7(11)10(14)8(12)5-6/h4-5,9,14H,2-3,13H2,1H3/t9-/m1/s1. The van der Waals surface area contributed by atoms with Gasteiger partial charge in [0.25, 0.3) is 0 Å². The Balaban J connectivity index is 3.00. The maximum absolute atomic E-state index is 9.34. The number of hydrogen-bond acceptors (Lipinski definition) is 2. The number of benzene rings is 1. The molecule has 1 rings (SSSR count). The maximum Gasteiger partial charge on any atom is 0.152 e. The smallest absolute Gasteiger partial charge is 0.152 e. The van der Waals surface area contributed by atoms with E-state index in [4.69, 9.17) is 28.9 Å². The van der Waals surface area contributed by atoms with E-state index >= 15 is 0 Å². The van der Waals surface area contributed by atoms with Crippen LogP contribution in [0.2, 0.25) is 10.0 Å². The van der Waals surface area contributed by atoms with Gasteiger partial charge in [0.2, 0.25) is 0 Å². The molecule has 14 heavy (non-hydrogen) atoms. The number of phenolic OH excluding ortho intramolecular Hbond substituents is 1. The molecule has 1 aromatic carbocycles. The van der Waals surface area contributed by atoms with Crippen LogP contribution in [0.5, 0.6) is 5.75 Å². The Bertz CT molecular complexity index is 305. The van der Waals surface area contributed by atoms with E-state index in [1.807, 2.05) is 0 Å². The van der Waals surface area contributed by atoms with E-state index in [2.05, 4.69) is 6.92 Å². The molecule has 0 bridgehead atoms. The monoisotopic (exact) mass is 233 g/mol. The van der Waals surface area contributed by atoms with Crippen molar-refractivity contribution in [1.29, 1.82) is 0 Å². The Kier molecular flexibility index (Phi) is 4.05. The van der Waals surface area contributed by atoms with E-state index in [0.717, 1.165) is 18.4 Å². The molecule has 0 aliphatic carbocycles. The van der Waals surface area contributed by atoms with Crippen molar-refractivity contribution in [3.63, 3.8) is 0 Å². The van der Waals surface area contributed by atoms with Crippen LogP contribution in [0.15, 0.2) is 12.1 Å². The van der Waals surface area contributed by atoms with E-state index < -0.39 is 0 Å². The van der Waals surface area contributed by atoms with Crippen molar-refractivity contribution in [2.24, 2.45) is 5.73 Å². The van der Waals surface area contributed by atoms with Crippen LogP contribution < -0.4 is 5.73 Å². The summed E-state index contributed by atoms with van der Waals surface area (Å²) in [6, 6.07) is 3.24. The van der Waals surface area contributed by atoms with E-state index in [0.29, 0.717) is 0 Å². The summed E-state index contributed by atoms with van der Waals surface area (Å²) in [5.74, 6) is -0.0826. The summed E-state index contributed by atoms with van der Waals surface area (Å²) < 4.78 is 0. The van der Waals surface area contributed by atoms with Crippen LogP contribution in [0.25, 0.3) is 0 Å². The van der Waals surface area contributed by atoms with Gasteiger partial charge in [-0.05, 0) is 24.1 Å². The van der Waals surface area contributed by atoms with Crippen LogP contribution in [0.4, 0.5) is 0 Å². The second-order valence-electron chi connectivity index (χ2n) is 3.23. The number of nitrogens with two attached hydrogens (primary N) is 1. The molecular formula is C10H13Cl2NO. The van der Waals surface area contributed by atoms with Gasteiger partial charge in [0.1, 0.15) is 0 Å². The van der Waals surface area contributed by atoms with Gasteiger partial charge >= 0.3 is 0 Å². The van der Waals surface area contributed by atoms with Gasteiger partial charge in [-0.1, -0.05) is 36.5 Å². The summed E-state index contributed by atoms with van der Waals surface area (Å²) >= 11 is 11.5. The van der Waals surface area contributed by atoms with E-state index in [9.17, 15) is 5.11 Å². The molecule has 0 spiro atoms. The predicted molar refractivity (Wildman–Crippen MR) is 60.0 cm³/mol. The van der Waals surface area contributed by atoms with Crippen molar-refractivity contribution in [2.45, 2.75) is 25.8 Å². The molecule has 78 valence electrons. The maximum atomic E-state index is 9.34. The Morgan fingerprint density at radius 1 is 1.36 bits per heavy atom. The highest BCUT2D eigenvalue weighted by molar-refractivity contribution is 6.37. The van der Waals surface area contributed by atoms with Crippen molar-refractivity contribution in [2.75, 3.05) is 0 Å². The van der Waals surface area contributed by atoms with Crippen molar-refractivity contribution in [3.05, 3.63) is 27.7 Å². The molecule has 0 aliphatic rings. The summed E-state index contributed by atoms with van der Waals surface area (Å²) in [4.78, 5) is 0. The molecule has 1 aromatic rings. The van der Waals surface area contributed by atoms with Gasteiger partial charge in [-0.3, -0.25) is 0 Å². The predicted octanol–water partition coefficient (Wildman–Crippen LogP) is 3.50. The molecule has 1 atom stereocenters. The lowest BCUT2D eigenvalue weighted by molar-refractivity contribution is 0.475. The minimum atomic E-state index is -0.0826. The van der Waals surface area contributed by atoms with Crippen molar-refractivity contribution < 1.29 is 5.11 Å². The average Bonchev–Trinajstić information content (AvgIpc) is 2.13. The fourth-order valence-electron chi connectivity index (χ4n) is 1.28. The first-order valence-corrected chi connectivity index (χ1v) is 5.25. The van der Waals surface area contributed by atoms with Gasteiger partial charge in [0.15, 0.2) is 5.75 Å². The van der Waals surface area contributed by atoms with Crippen LogP contribution in [0.3, 0.4) is 0 Å². The molecule has 0 heterocycles. The molecule has 0 radical (unpaired) electrons. The number of hydrogen-bond donors (Lipinski definition) is 2. The SMILES string of the molecule is CCC[C@@H](N)c1cc(Cl)c(O)c(Cl)c1. The summed E-state index contributed by atoms with van der Waals surface area (Å²) in [5, 5.41) is 9.84. The molecule has 2 nitrogen and oxygen atoms in total. The molecule has 0 aromatic heterocycles. The molecule has 0 aliphatic heterocycles. The molecule has 0 fully saturated rings. The normalized spacial score (nSPS) is 12.9. The Labute approximate surface area is 93.6 Å². The highest BCUT2D eigenvalue weighted by Crippen LogP contribution is 2.34. The van der Waals surface area contributed by atoms with Crippen LogP contribution in [0, 0.1) is 0 Å². The quantitative estimate of drug-likeness (QED) is 0.840. The Morgan fingerprint density at radius 2 is 1.86 bits per heavy atom. The molecular weight excluding hydrogens is 221 g/mol. The third-order valence-corrected chi connectivity index (χ3v) is 2.64. The number of phenols is 1. The van der Waals surface area contributed by atoms with Crippen molar-refractivity contribution in [1.82, 2.24) is 0 Å². The number of rotatable bonds is 3. The van der Waals surface area contributed by atoms with E-state index in [1.165, 1.54) is 0 Å². The average molecular weight is 234 g/mol. The van der Waals surface area contributed by atoms with Crippen LogP contribution in [-0.2, 0) is 0 Å². The minimum absolute atomic E-state index is 0.0735. The van der Waals surface area contributed by atoms with Crippen molar-refractivity contribution in [3.8, 4) is 5.75 Å². The summed E-state index contributed by atoms with van der Waals surface area (Å²) in [6.45, 7) is 2.06. The zero-order valence-corrected chi connectivity index (χ0v) is 9.44. The molecule has 0 saturated heterocycles. The largest absolute Gasteiger partial charge is 0.505 e. The van der Waals surface area contributed by atoms with Gasteiger partial charge in [0.05, 0.1) is 10.0 Å². The summed E-state index contributed by atoms with van der Waals surface area (Å²) in [5.41, 5.74) is 6.76. The second-order valence-corrected chi connectivity index (χ2v) is 4.04. The lowest BCUT2D eigenvalue weighted by Crippen LogP contribution is -2.09. The number of halogens is 2. The highest BCUT2D eigenvalue weighted by atomic mass is 35.5. The van der Waals surface area contributed by atoms with Gasteiger partial charge in [0, 0.05) is 6.04 Å². The van der Waals surface area contributed by atoms with E-state index in [-0.39, 0.29) is 21.8 Å². The topological polar surface area (TPSA) is 46.2 Å². The summed E-state index contributed by atoms with van der Waals surface area (Å²) in [6.07, 6.45) is 1.87. The molecule has 4 heteroatoms. The van der Waals surface area contributed by atoms with E-state index in [1.54, 1.807) is 12.1 Å². The summed E-state index contributed by atoms with van der Waals surface area (Å²) in [7, 11) is 0. The fraction of sp³-hybridized carbons (Fsp3) is 0.400. The molecule has 0 saturated carbocycles. The highest BCUT2D eigenvalue weighted by Gasteiger charge is 2.11. The first-order chi connectivity index (χ1) is 6.56. The third-order valence-electron chi connectivity index (χ3n) is 2.07. The molecule has 0 unspecified atom stereocenters. The van der Waals surface area contributed by atoms with Gasteiger partial charge < -0.3 is 10.8 Å². The fourth-order valence-corrected chi connectivity index (χ4v) is 1.78. The zero-order chi connectivity index (χ0) is 10.7. The second kappa shape index (κ2) is 4.87. The van der Waals surface area contributed by atoms with Crippen LogP contribution in [0.1, 0.15) is 31.4 Å². The van der Waals surface area contributed by atoms with Gasteiger partial charge in [-0.2, -0.15) is 0 Å². The lowest BCUT2D eigenvalue weighted by atomic mass is 10.0. The minimum Gasteiger partial charge on any atom is -0.505 e. The Hall–Kier alpha value is -0.440. The molecule has 3 N–H and O–H groups in total. The van der Waals surface area contributed by atoms with Crippen LogP contribution in [-0.4, -0.2) is 5.11 Å². The van der Waals surface area contributed by atoms with Crippen molar-refractivity contribution >= 4 is 23.2 Å². The first kappa shape index (κ1) is 11.6. The van der Waals surface area contributed by atoms with Gasteiger partial charge in [-0.15, -0.1) is 0 Å². The lowest BCUT2D eigenvalue weighted by Gasteiger charge is -2.12. The zero-order valence-electron chi connectivity index (χ0n) is 7.93. The number of aromatic hydroxyl groups is 1. The first-order valence-electron chi connectivity index (χ1n) is 4.49. The third kappa shape index (κ3) is 2.53. The van der Waals surface area contributed by atoms with Crippen LogP contribution >= 0.6 is 23.2 Å². The molecule has 0 amide bonds. The van der Waals surface area contributed by atoms with Gasteiger partial charge in [-0.25, -0.2) is 0 Å². The Morgan fingerprint density at radius 3 is 2.29 bits per heavy atom.